The molecule has 5 aromatic carbocycles. The van der Waals surface area contributed by atoms with Gasteiger partial charge in [-0.25, -0.2) is 64.2 Å². The van der Waals surface area contributed by atoms with Crippen molar-refractivity contribution in [1.29, 1.82) is 0 Å². The Balaban J connectivity index is 0.000000239. The number of thiazole rings is 2. The van der Waals surface area contributed by atoms with Crippen LogP contribution >= 0.6 is 22.7 Å². The van der Waals surface area contributed by atoms with E-state index >= 15 is 0 Å². The first-order valence-electron chi connectivity index (χ1n) is 31.5. The van der Waals surface area contributed by atoms with Crippen molar-refractivity contribution in [3.05, 3.63) is 160 Å². The van der Waals surface area contributed by atoms with Crippen LogP contribution in [0.4, 0.5) is 39.3 Å². The Hall–Kier alpha value is -7.92. The predicted octanol–water partition coefficient (Wildman–Crippen LogP) is 15.2. The molecule has 0 bridgehead atoms. The van der Waals surface area contributed by atoms with Gasteiger partial charge in [0.15, 0.2) is 0 Å². The SMILES string of the molecule is CC(C)OC(=O)NC1CCC(c2ncc(-c3ccc(NC(=O)OCc4ccccc4F)cc3S(=O)(=O)NC(C)(C)C)s2)CC1.Cc1ccc(OC(=O)Nc2ccc(-c3cnc(C4CCC(NC(=O)OC(C)C)CC4)s3)c(S(=O)(=O)NC(C)(C)C)c2)cc1.OCc1ccccc1F. The molecule has 4 amide bonds. The summed E-state index contributed by atoms with van der Waals surface area (Å²) in [6.07, 6.45) is 7.18. The first-order chi connectivity index (χ1) is 45.2. The van der Waals surface area contributed by atoms with E-state index in [0.29, 0.717) is 32.2 Å². The molecule has 27 heteroatoms. The average Bonchev–Trinajstić information content (AvgIpc) is 1.34. The lowest BCUT2D eigenvalue weighted by molar-refractivity contribution is 0.108. The summed E-state index contributed by atoms with van der Waals surface area (Å²) >= 11 is 2.89. The zero-order chi connectivity index (χ0) is 70.1. The molecule has 2 saturated carbocycles. The third kappa shape index (κ3) is 23.4. The zero-order valence-corrected chi connectivity index (χ0v) is 59.0. The van der Waals surface area contributed by atoms with Crippen molar-refractivity contribution in [3.8, 4) is 26.6 Å². The van der Waals surface area contributed by atoms with Gasteiger partial charge >= 0.3 is 24.4 Å². The van der Waals surface area contributed by atoms with E-state index in [-0.39, 0.29) is 81.9 Å². The van der Waals surface area contributed by atoms with Gasteiger partial charge in [0.1, 0.15) is 24.0 Å². The number of hydrogen-bond acceptors (Lipinski definition) is 17. The fourth-order valence-electron chi connectivity index (χ4n) is 10.4. The first kappa shape index (κ1) is 75.5. The van der Waals surface area contributed by atoms with Crippen LogP contribution in [0.15, 0.2) is 131 Å². The van der Waals surface area contributed by atoms with Crippen molar-refractivity contribution in [2.24, 2.45) is 0 Å². The quantitative estimate of drug-likeness (QED) is 0.0393. The monoisotopic (exact) mass is 1400 g/mol. The summed E-state index contributed by atoms with van der Waals surface area (Å²) < 4.78 is 107. The fraction of sp³-hybridized carbons (Fsp3) is 0.420. The molecule has 0 atom stereocenters. The van der Waals surface area contributed by atoms with E-state index in [2.05, 4.69) is 40.7 Å². The van der Waals surface area contributed by atoms with Crippen LogP contribution in [0, 0.1) is 18.6 Å². The van der Waals surface area contributed by atoms with Gasteiger partial charge in [-0.3, -0.25) is 10.6 Å². The van der Waals surface area contributed by atoms with Gasteiger partial charge in [-0.2, -0.15) is 0 Å². The van der Waals surface area contributed by atoms with Crippen molar-refractivity contribution in [1.82, 2.24) is 30.0 Å². The number of anilines is 2. The van der Waals surface area contributed by atoms with Gasteiger partial charge in [0.25, 0.3) is 0 Å². The number of hydrogen-bond donors (Lipinski definition) is 7. The number of aryl methyl sites for hydroxylation is 1. The van der Waals surface area contributed by atoms with Crippen molar-refractivity contribution >= 4 is 78.5 Å². The van der Waals surface area contributed by atoms with E-state index < -0.39 is 61.3 Å². The summed E-state index contributed by atoms with van der Waals surface area (Å²) in [4.78, 5) is 59.7. The van der Waals surface area contributed by atoms with Crippen LogP contribution in [0.3, 0.4) is 0 Å². The maximum absolute atomic E-state index is 13.9. The van der Waals surface area contributed by atoms with E-state index in [1.165, 1.54) is 59.1 Å². The van der Waals surface area contributed by atoms with E-state index in [0.717, 1.165) is 66.9 Å². The van der Waals surface area contributed by atoms with Gasteiger partial charge in [0.2, 0.25) is 20.0 Å². The maximum Gasteiger partial charge on any atom is 0.417 e. The Kier molecular flexibility index (Phi) is 26.6. The highest BCUT2D eigenvalue weighted by Gasteiger charge is 2.32. The molecular formula is C69H86F2N8O13S4. The minimum atomic E-state index is -4.02. The van der Waals surface area contributed by atoms with Gasteiger partial charge in [-0.05, 0) is 176 Å². The lowest BCUT2D eigenvalue weighted by Crippen LogP contribution is -2.40. The lowest BCUT2D eigenvalue weighted by atomic mass is 9.86. The van der Waals surface area contributed by atoms with E-state index in [9.17, 15) is 44.8 Å². The third-order valence-electron chi connectivity index (χ3n) is 14.7. The number of aromatic nitrogens is 2. The van der Waals surface area contributed by atoms with Crippen LogP contribution in [0.1, 0.15) is 159 Å². The van der Waals surface area contributed by atoms with Crippen molar-refractivity contribution in [3.63, 3.8) is 0 Å². The number of ether oxygens (including phenoxy) is 4. The molecule has 518 valence electrons. The maximum atomic E-state index is 13.9. The van der Waals surface area contributed by atoms with Crippen molar-refractivity contribution in [2.75, 3.05) is 10.6 Å². The van der Waals surface area contributed by atoms with Crippen LogP contribution in [0.5, 0.6) is 5.75 Å². The Morgan fingerprint density at radius 3 is 1.35 bits per heavy atom. The molecule has 7 N–H and O–H groups in total. The number of carbonyl (C=O) groups excluding carboxylic acids is 4. The smallest absolute Gasteiger partial charge is 0.417 e. The number of rotatable bonds is 18. The molecule has 2 aliphatic carbocycles. The number of aliphatic hydroxyl groups excluding tert-OH is 1. The molecule has 2 aromatic heterocycles. The molecule has 2 fully saturated rings. The van der Waals surface area contributed by atoms with Gasteiger partial charge in [-0.15, -0.1) is 22.7 Å². The Morgan fingerprint density at radius 1 is 0.562 bits per heavy atom. The second kappa shape index (κ2) is 33.8. The Labute approximate surface area is 569 Å². The van der Waals surface area contributed by atoms with Crippen LogP contribution in [0.2, 0.25) is 0 Å². The molecule has 0 saturated heterocycles. The second-order valence-electron chi connectivity index (χ2n) is 25.9. The number of benzene rings is 5. The number of carbonyl (C=O) groups is 4. The first-order valence-corrected chi connectivity index (χ1v) is 36.1. The number of amides is 4. The van der Waals surface area contributed by atoms with Crippen LogP contribution in [-0.4, -0.2) is 91.7 Å². The number of alkyl carbamates (subject to hydrolysis) is 2. The summed E-state index contributed by atoms with van der Waals surface area (Å²) in [5, 5.41) is 21.3. The number of aliphatic hydroxyl groups is 1. The second-order valence-corrected chi connectivity index (χ2v) is 31.3. The molecule has 0 aliphatic heterocycles. The van der Waals surface area contributed by atoms with E-state index in [4.69, 9.17) is 24.1 Å². The van der Waals surface area contributed by atoms with E-state index in [1.54, 1.807) is 128 Å². The minimum Gasteiger partial charge on any atom is -0.447 e. The Morgan fingerprint density at radius 2 is 0.969 bits per heavy atom. The number of sulfonamides is 2. The third-order valence-corrected chi connectivity index (χ3v) is 20.6. The predicted molar refractivity (Wildman–Crippen MR) is 368 cm³/mol. The standard InChI is InChI=1S/C31H39FN4O6S2.C31H40N4O6S2.C7H7FO/c1-19(2)42-30(38)34-22-12-10-20(11-13-22)28-33-17-26(43-28)24-15-14-23(16-27(24)44(39,40)36-31(3,4)5)35-29(37)41-18-21-8-6-7-9-25(21)32;1-19(2)40-29(36)33-22-11-9-21(10-12-22)28-32-18-26(42-28)25-16-13-23(17-27(25)43(38,39)35-31(4,5)6)34-30(37)41-24-14-7-20(3)8-15-24;8-7-4-2-1-3-6(7)5-9/h6-9,14-17,19-20,22,36H,10-13,18H2,1-5H3,(H,34,38)(H,35,37);7-8,13-19,21-22,35H,9-12H2,1-6H3,(H,33,36)(H,34,37);1-4,9H,5H2. The van der Waals surface area contributed by atoms with Gasteiger partial charge < -0.3 is 34.7 Å². The van der Waals surface area contributed by atoms with Crippen molar-refractivity contribution < 1.29 is 68.8 Å². The molecule has 2 heterocycles. The summed E-state index contributed by atoms with van der Waals surface area (Å²) in [5.41, 5.74) is 1.53. The largest absolute Gasteiger partial charge is 0.447 e. The zero-order valence-electron chi connectivity index (χ0n) is 55.7. The normalized spacial score (nSPS) is 16.6. The summed E-state index contributed by atoms with van der Waals surface area (Å²) in [6.45, 7) is 19.2. The van der Waals surface area contributed by atoms with Crippen LogP contribution < -0.4 is 35.4 Å². The fourth-order valence-corrected chi connectivity index (χ4v) is 16.1. The number of nitrogens with zero attached hydrogens (tertiary/aromatic N) is 2. The summed E-state index contributed by atoms with van der Waals surface area (Å²) in [5.74, 6) is -0.0697. The number of nitrogens with one attached hydrogen (secondary N) is 6. The minimum absolute atomic E-state index is 0.0221. The van der Waals surface area contributed by atoms with Crippen molar-refractivity contribution in [2.45, 2.75) is 198 Å². The van der Waals surface area contributed by atoms with Crippen LogP contribution in [-0.2, 0) is 47.5 Å². The lowest BCUT2D eigenvalue weighted by Gasteiger charge is -2.28. The molecule has 9 rings (SSSR count). The molecule has 0 spiro atoms. The molecule has 0 radical (unpaired) electrons. The Bertz CT molecular complexity index is 4010. The molecule has 0 unspecified atom stereocenters. The van der Waals surface area contributed by atoms with Gasteiger partial charge in [-0.1, -0.05) is 66.2 Å². The topological polar surface area (TPSA) is 292 Å². The molecule has 21 nitrogen and oxygen atoms in total. The summed E-state index contributed by atoms with van der Waals surface area (Å²) in [7, 11) is -8.00. The highest BCUT2D eigenvalue weighted by atomic mass is 32.2. The molecule has 96 heavy (non-hydrogen) atoms. The highest BCUT2D eigenvalue weighted by molar-refractivity contribution is 7.90. The van der Waals surface area contributed by atoms with Crippen LogP contribution in [0.25, 0.3) is 20.9 Å². The average molecular weight is 1400 g/mol. The molecular weight excluding hydrogens is 1320 g/mol. The van der Waals surface area contributed by atoms with Gasteiger partial charge in [0, 0.05) is 81.0 Å². The molecule has 7 aromatic rings. The van der Waals surface area contributed by atoms with E-state index in [1.807, 2.05) is 32.9 Å². The number of halogens is 2. The summed E-state index contributed by atoms with van der Waals surface area (Å²) in [6, 6.07) is 28.6. The molecule has 2 aliphatic rings. The van der Waals surface area contributed by atoms with Gasteiger partial charge in [0.05, 0.1) is 48.4 Å². The highest BCUT2D eigenvalue weighted by Crippen LogP contribution is 2.42.